The number of nitrogens with zero attached hydrogens (tertiary/aromatic N) is 3. The Morgan fingerprint density at radius 3 is 2.64 bits per heavy atom. The van der Waals surface area contributed by atoms with Gasteiger partial charge in [-0.05, 0) is 69.4 Å². The summed E-state index contributed by atoms with van der Waals surface area (Å²) in [5.41, 5.74) is 7.09. The summed E-state index contributed by atoms with van der Waals surface area (Å²) in [6.45, 7) is 9.90. The molecular formula is C29H41N3O. The summed E-state index contributed by atoms with van der Waals surface area (Å²) in [5.74, 6) is 0.901. The standard InChI is InChI=1S/C29H41N3O/c1-5-14-25(15-6-2)28-22(3)32(31-29(28)27-18-12-9-13-19-30-27)21-26(23(4)33)20-24-16-10-7-8-11-17-24/h7-10,13,16-17,25,33H,5-6,11-12,14-15,18-21H2,1-4H3/b26-23+. The SMILES string of the molecule is CCCC(CCC)c1c(C2=NCC=CCC2)nn(C/C(CC2=CCC=CC=C2)=C(\C)O)c1C. The Labute approximate surface area is 200 Å². The predicted octanol–water partition coefficient (Wildman–Crippen LogP) is 7.68. The molecular weight excluding hydrogens is 406 g/mol. The van der Waals surface area contributed by atoms with E-state index >= 15 is 0 Å². The monoisotopic (exact) mass is 447 g/mol. The quantitative estimate of drug-likeness (QED) is 0.295. The van der Waals surface area contributed by atoms with Crippen LogP contribution in [0.15, 0.2) is 64.4 Å². The molecule has 0 amide bonds. The molecule has 4 heteroatoms. The van der Waals surface area contributed by atoms with E-state index in [9.17, 15) is 5.11 Å². The fourth-order valence-corrected chi connectivity index (χ4v) is 4.87. The van der Waals surface area contributed by atoms with Crippen molar-refractivity contribution < 1.29 is 5.11 Å². The topological polar surface area (TPSA) is 50.4 Å². The van der Waals surface area contributed by atoms with E-state index in [1.165, 1.54) is 29.7 Å². The van der Waals surface area contributed by atoms with E-state index in [-0.39, 0.29) is 0 Å². The highest BCUT2D eigenvalue weighted by Crippen LogP contribution is 2.33. The average molecular weight is 448 g/mol. The molecule has 178 valence electrons. The zero-order valence-electron chi connectivity index (χ0n) is 21.0. The molecule has 2 aliphatic rings. The maximum absolute atomic E-state index is 10.5. The van der Waals surface area contributed by atoms with Gasteiger partial charge in [-0.15, -0.1) is 0 Å². The first-order valence-electron chi connectivity index (χ1n) is 12.7. The lowest BCUT2D eigenvalue weighted by Crippen LogP contribution is -2.09. The molecule has 0 unspecified atom stereocenters. The Bertz CT molecular complexity index is 975. The van der Waals surface area contributed by atoms with E-state index < -0.39 is 0 Å². The van der Waals surface area contributed by atoms with Gasteiger partial charge in [0.05, 0.1) is 24.6 Å². The van der Waals surface area contributed by atoms with Crippen LogP contribution >= 0.6 is 0 Å². The largest absolute Gasteiger partial charge is 0.513 e. The molecule has 2 heterocycles. The van der Waals surface area contributed by atoms with Crippen LogP contribution < -0.4 is 0 Å². The fraction of sp³-hybridized carbons (Fsp3) is 0.517. The molecule has 3 rings (SSSR count). The Morgan fingerprint density at radius 1 is 1.12 bits per heavy atom. The van der Waals surface area contributed by atoms with Gasteiger partial charge in [0.1, 0.15) is 5.69 Å². The van der Waals surface area contributed by atoms with Gasteiger partial charge in [-0.3, -0.25) is 9.67 Å². The number of hydrogen-bond acceptors (Lipinski definition) is 3. The van der Waals surface area contributed by atoms with Crippen LogP contribution in [0.25, 0.3) is 0 Å². The fourth-order valence-electron chi connectivity index (χ4n) is 4.87. The number of rotatable bonds is 10. The highest BCUT2D eigenvalue weighted by atomic mass is 16.3. The molecule has 0 bridgehead atoms. The van der Waals surface area contributed by atoms with Crippen LogP contribution in [0, 0.1) is 6.92 Å². The Hall–Kier alpha value is -2.62. The van der Waals surface area contributed by atoms with Gasteiger partial charge in [0, 0.05) is 11.3 Å². The maximum atomic E-state index is 10.5. The van der Waals surface area contributed by atoms with Crippen LogP contribution in [0.4, 0.5) is 0 Å². The van der Waals surface area contributed by atoms with Crippen LogP contribution in [0.3, 0.4) is 0 Å². The van der Waals surface area contributed by atoms with Gasteiger partial charge in [-0.1, -0.05) is 69.2 Å². The second-order valence-electron chi connectivity index (χ2n) is 9.24. The summed E-state index contributed by atoms with van der Waals surface area (Å²) in [7, 11) is 0. The summed E-state index contributed by atoms with van der Waals surface area (Å²) < 4.78 is 2.12. The lowest BCUT2D eigenvalue weighted by Gasteiger charge is -2.18. The minimum Gasteiger partial charge on any atom is -0.513 e. The smallest absolute Gasteiger partial charge is 0.110 e. The molecule has 33 heavy (non-hydrogen) atoms. The van der Waals surface area contributed by atoms with Crippen molar-refractivity contribution in [2.75, 3.05) is 6.54 Å². The third-order valence-electron chi connectivity index (χ3n) is 6.65. The van der Waals surface area contributed by atoms with Crippen LogP contribution in [0.5, 0.6) is 0 Å². The molecule has 1 aromatic rings. The molecule has 1 aromatic heterocycles. The van der Waals surface area contributed by atoms with E-state index in [1.807, 2.05) is 0 Å². The Balaban J connectivity index is 1.98. The number of aliphatic imine (C=N–C) groups is 1. The van der Waals surface area contributed by atoms with Gasteiger partial charge in [-0.25, -0.2) is 0 Å². The highest BCUT2D eigenvalue weighted by Gasteiger charge is 2.25. The molecule has 0 fully saturated rings. The zero-order chi connectivity index (χ0) is 23.6. The lowest BCUT2D eigenvalue weighted by molar-refractivity contribution is 0.398. The molecule has 0 saturated heterocycles. The highest BCUT2D eigenvalue weighted by molar-refractivity contribution is 6.00. The first-order chi connectivity index (χ1) is 16.0. The Morgan fingerprint density at radius 2 is 1.91 bits per heavy atom. The van der Waals surface area contributed by atoms with Gasteiger partial charge in [0.25, 0.3) is 0 Å². The van der Waals surface area contributed by atoms with Gasteiger partial charge in [-0.2, -0.15) is 5.10 Å². The lowest BCUT2D eigenvalue weighted by atomic mass is 9.87. The van der Waals surface area contributed by atoms with Crippen molar-refractivity contribution in [1.29, 1.82) is 0 Å². The molecule has 4 nitrogen and oxygen atoms in total. The van der Waals surface area contributed by atoms with E-state index in [0.717, 1.165) is 62.0 Å². The Kier molecular flexibility index (Phi) is 9.53. The number of hydrogen-bond donors (Lipinski definition) is 1. The molecule has 0 radical (unpaired) electrons. The van der Waals surface area contributed by atoms with Crippen LogP contribution in [0.1, 0.15) is 95.0 Å². The van der Waals surface area contributed by atoms with Crippen LogP contribution in [0.2, 0.25) is 0 Å². The third kappa shape index (κ3) is 6.69. The first-order valence-corrected chi connectivity index (χ1v) is 12.7. The number of aromatic nitrogens is 2. The average Bonchev–Trinajstić information content (AvgIpc) is 3.05. The van der Waals surface area contributed by atoms with Crippen molar-refractivity contribution in [3.8, 4) is 0 Å². The number of aliphatic hydroxyl groups excluding tert-OH is 1. The molecule has 0 saturated carbocycles. The van der Waals surface area contributed by atoms with Gasteiger partial charge < -0.3 is 5.11 Å². The maximum Gasteiger partial charge on any atom is 0.110 e. The number of aliphatic hydroxyl groups is 1. The first kappa shape index (κ1) is 25.0. The van der Waals surface area contributed by atoms with Crippen molar-refractivity contribution in [2.45, 2.75) is 91.5 Å². The van der Waals surface area contributed by atoms with Gasteiger partial charge in [0.2, 0.25) is 0 Å². The normalized spacial score (nSPS) is 17.0. The van der Waals surface area contributed by atoms with Crippen LogP contribution in [-0.2, 0) is 6.54 Å². The second kappa shape index (κ2) is 12.6. The summed E-state index contributed by atoms with van der Waals surface area (Å²) in [4.78, 5) is 4.90. The summed E-state index contributed by atoms with van der Waals surface area (Å²) in [5, 5.41) is 15.7. The van der Waals surface area contributed by atoms with E-state index in [0.29, 0.717) is 18.2 Å². The molecule has 0 aromatic carbocycles. The van der Waals surface area contributed by atoms with Crippen LogP contribution in [-0.4, -0.2) is 27.1 Å². The number of allylic oxidation sites excluding steroid dienone is 9. The van der Waals surface area contributed by atoms with Crippen molar-refractivity contribution in [3.63, 3.8) is 0 Å². The van der Waals surface area contributed by atoms with E-state index in [2.05, 4.69) is 68.0 Å². The summed E-state index contributed by atoms with van der Waals surface area (Å²) >= 11 is 0. The molecule has 1 aliphatic heterocycles. The third-order valence-corrected chi connectivity index (χ3v) is 6.65. The zero-order valence-corrected chi connectivity index (χ0v) is 21.0. The van der Waals surface area contributed by atoms with Crippen molar-refractivity contribution in [1.82, 2.24) is 9.78 Å². The predicted molar refractivity (Wildman–Crippen MR) is 140 cm³/mol. The van der Waals surface area contributed by atoms with Crippen molar-refractivity contribution >= 4 is 5.71 Å². The molecule has 1 N–H and O–H groups in total. The van der Waals surface area contributed by atoms with E-state index in [1.54, 1.807) is 6.92 Å². The molecule has 1 aliphatic carbocycles. The van der Waals surface area contributed by atoms with Crippen molar-refractivity contribution in [3.05, 3.63) is 76.4 Å². The van der Waals surface area contributed by atoms with Gasteiger partial charge in [0.15, 0.2) is 0 Å². The minimum absolute atomic E-state index is 0.397. The summed E-state index contributed by atoms with van der Waals surface area (Å²) in [6.07, 6.45) is 23.4. The molecule has 0 spiro atoms. The molecule has 0 atom stereocenters. The van der Waals surface area contributed by atoms with Gasteiger partial charge >= 0.3 is 0 Å². The minimum atomic E-state index is 0.397. The summed E-state index contributed by atoms with van der Waals surface area (Å²) in [6, 6.07) is 0. The van der Waals surface area contributed by atoms with E-state index in [4.69, 9.17) is 10.1 Å². The second-order valence-corrected chi connectivity index (χ2v) is 9.24. The van der Waals surface area contributed by atoms with Crippen molar-refractivity contribution in [2.24, 2.45) is 4.99 Å².